The summed E-state index contributed by atoms with van der Waals surface area (Å²) in [5.74, 6) is 0. The van der Waals surface area contributed by atoms with Gasteiger partial charge in [0.1, 0.15) is 0 Å². The van der Waals surface area contributed by atoms with Crippen LogP contribution in [0.25, 0.3) is 0 Å². The number of anilines is 1. The van der Waals surface area contributed by atoms with Crippen molar-refractivity contribution in [3.8, 4) is 0 Å². The molecule has 0 bridgehead atoms. The van der Waals surface area contributed by atoms with Gasteiger partial charge in [-0.05, 0) is 60.6 Å². The topological polar surface area (TPSA) is 41.4 Å². The van der Waals surface area contributed by atoms with Crippen LogP contribution in [0.15, 0.2) is 72.0 Å². The SMILES string of the molecule is Cc1ccccc1NC(=S)NN=Cc1cccn1Cc1ccc(Cl)cc1. The lowest BCUT2D eigenvalue weighted by molar-refractivity contribution is 0.799. The van der Waals surface area contributed by atoms with Gasteiger partial charge in [0.2, 0.25) is 0 Å². The smallest absolute Gasteiger partial charge is 0.191 e. The van der Waals surface area contributed by atoms with Gasteiger partial charge in [0, 0.05) is 23.5 Å². The van der Waals surface area contributed by atoms with Crippen LogP contribution in [-0.2, 0) is 6.54 Å². The van der Waals surface area contributed by atoms with Gasteiger partial charge in [0.15, 0.2) is 5.11 Å². The van der Waals surface area contributed by atoms with Crippen molar-refractivity contribution < 1.29 is 0 Å². The van der Waals surface area contributed by atoms with E-state index >= 15 is 0 Å². The number of para-hydroxylation sites is 1. The third-order valence-electron chi connectivity index (χ3n) is 3.89. The Morgan fingerprint density at radius 3 is 2.65 bits per heavy atom. The molecule has 0 aliphatic rings. The van der Waals surface area contributed by atoms with Crippen LogP contribution in [0, 0.1) is 6.92 Å². The molecule has 0 saturated heterocycles. The second-order valence-corrected chi connectivity index (χ2v) is 6.67. The highest BCUT2D eigenvalue weighted by Crippen LogP contribution is 2.13. The average Bonchev–Trinajstić information content (AvgIpc) is 3.06. The molecular weight excluding hydrogens is 364 g/mol. The lowest BCUT2D eigenvalue weighted by Gasteiger charge is -2.09. The number of hydrazone groups is 1. The second kappa shape index (κ2) is 8.65. The van der Waals surface area contributed by atoms with E-state index in [2.05, 4.69) is 20.4 Å². The second-order valence-electron chi connectivity index (χ2n) is 5.83. The number of aryl methyl sites for hydroxylation is 1. The maximum absolute atomic E-state index is 5.94. The monoisotopic (exact) mass is 382 g/mol. The van der Waals surface area contributed by atoms with Crippen LogP contribution < -0.4 is 10.7 Å². The number of hydrogen-bond donors (Lipinski definition) is 2. The third kappa shape index (κ3) is 4.94. The predicted molar refractivity (Wildman–Crippen MR) is 113 cm³/mol. The summed E-state index contributed by atoms with van der Waals surface area (Å²) in [6.45, 7) is 2.77. The van der Waals surface area contributed by atoms with Gasteiger partial charge >= 0.3 is 0 Å². The molecule has 2 aromatic carbocycles. The molecule has 0 amide bonds. The van der Waals surface area contributed by atoms with Crippen LogP contribution in [-0.4, -0.2) is 15.9 Å². The normalized spacial score (nSPS) is 10.8. The van der Waals surface area contributed by atoms with Gasteiger partial charge in [-0.15, -0.1) is 0 Å². The van der Waals surface area contributed by atoms with Crippen LogP contribution in [0.3, 0.4) is 0 Å². The molecule has 3 rings (SSSR count). The minimum atomic E-state index is 0.450. The molecule has 26 heavy (non-hydrogen) atoms. The van der Waals surface area contributed by atoms with Crippen molar-refractivity contribution in [2.45, 2.75) is 13.5 Å². The Labute approximate surface area is 163 Å². The van der Waals surface area contributed by atoms with E-state index in [1.54, 1.807) is 6.21 Å². The molecule has 0 unspecified atom stereocenters. The van der Waals surface area contributed by atoms with Crippen molar-refractivity contribution in [3.05, 3.63) is 88.7 Å². The highest BCUT2D eigenvalue weighted by Gasteiger charge is 2.01. The van der Waals surface area contributed by atoms with E-state index in [-0.39, 0.29) is 0 Å². The number of halogens is 1. The zero-order valence-corrected chi connectivity index (χ0v) is 15.9. The van der Waals surface area contributed by atoms with Gasteiger partial charge in [-0.1, -0.05) is 41.9 Å². The molecule has 0 atom stereocenters. The number of nitrogens with one attached hydrogen (secondary N) is 2. The molecule has 4 nitrogen and oxygen atoms in total. The van der Waals surface area contributed by atoms with Gasteiger partial charge in [0.05, 0.1) is 11.9 Å². The first kappa shape index (κ1) is 18.2. The Morgan fingerprint density at radius 2 is 1.88 bits per heavy atom. The van der Waals surface area contributed by atoms with Gasteiger partial charge in [-0.25, -0.2) is 0 Å². The van der Waals surface area contributed by atoms with Crippen molar-refractivity contribution in [1.82, 2.24) is 9.99 Å². The molecular formula is C20H19ClN4S. The van der Waals surface area contributed by atoms with Crippen LogP contribution in [0.1, 0.15) is 16.8 Å². The summed E-state index contributed by atoms with van der Waals surface area (Å²) in [7, 11) is 0. The Morgan fingerprint density at radius 1 is 1.12 bits per heavy atom. The maximum atomic E-state index is 5.94. The number of aromatic nitrogens is 1. The number of thiocarbonyl (C=S) groups is 1. The average molecular weight is 383 g/mol. The minimum Gasteiger partial charge on any atom is -0.342 e. The summed E-state index contributed by atoms with van der Waals surface area (Å²) in [6, 6.07) is 19.8. The summed E-state index contributed by atoms with van der Waals surface area (Å²) in [4.78, 5) is 0. The number of benzene rings is 2. The maximum Gasteiger partial charge on any atom is 0.191 e. The molecule has 0 spiro atoms. The van der Waals surface area contributed by atoms with Gasteiger partial charge in [-0.2, -0.15) is 5.10 Å². The van der Waals surface area contributed by atoms with Crippen LogP contribution in [0.4, 0.5) is 5.69 Å². The Bertz CT molecular complexity index is 916. The van der Waals surface area contributed by atoms with Gasteiger partial charge in [-0.3, -0.25) is 5.43 Å². The molecule has 0 aliphatic heterocycles. The number of nitrogens with zero attached hydrogens (tertiary/aromatic N) is 2. The van der Waals surface area contributed by atoms with Crippen LogP contribution in [0.2, 0.25) is 5.02 Å². The summed E-state index contributed by atoms with van der Waals surface area (Å²) >= 11 is 11.2. The highest BCUT2D eigenvalue weighted by molar-refractivity contribution is 7.80. The molecule has 2 N–H and O–H groups in total. The standard InChI is InChI=1S/C20H19ClN4S/c1-15-5-2-3-7-19(15)23-20(26)24-22-13-18-6-4-12-25(18)14-16-8-10-17(21)11-9-16/h2-13H,14H2,1H3,(H2,23,24,26). The van der Waals surface area contributed by atoms with Crippen molar-refractivity contribution in [2.24, 2.45) is 5.10 Å². The summed E-state index contributed by atoms with van der Waals surface area (Å²) in [5.41, 5.74) is 7.09. The van der Waals surface area contributed by atoms with E-state index in [1.807, 2.05) is 73.8 Å². The van der Waals surface area contributed by atoms with Gasteiger partial charge in [0.25, 0.3) is 0 Å². The largest absolute Gasteiger partial charge is 0.342 e. The minimum absolute atomic E-state index is 0.450. The molecule has 0 fully saturated rings. The van der Waals surface area contributed by atoms with Crippen LogP contribution >= 0.6 is 23.8 Å². The van der Waals surface area contributed by atoms with E-state index in [4.69, 9.17) is 23.8 Å². The predicted octanol–water partition coefficient (Wildman–Crippen LogP) is 4.82. The van der Waals surface area contributed by atoms with Crippen molar-refractivity contribution in [3.63, 3.8) is 0 Å². The molecule has 3 aromatic rings. The van der Waals surface area contributed by atoms with E-state index < -0.39 is 0 Å². The van der Waals surface area contributed by atoms with Crippen molar-refractivity contribution in [1.29, 1.82) is 0 Å². The highest BCUT2D eigenvalue weighted by atomic mass is 35.5. The fourth-order valence-electron chi connectivity index (χ4n) is 2.50. The zero-order chi connectivity index (χ0) is 18.4. The molecule has 6 heteroatoms. The molecule has 1 heterocycles. The molecule has 0 saturated carbocycles. The molecule has 132 valence electrons. The fraction of sp³-hybridized carbons (Fsp3) is 0.100. The number of rotatable bonds is 5. The lowest BCUT2D eigenvalue weighted by Crippen LogP contribution is -2.24. The van der Waals surface area contributed by atoms with E-state index in [0.717, 1.165) is 28.5 Å². The molecule has 0 radical (unpaired) electrons. The fourth-order valence-corrected chi connectivity index (χ4v) is 2.78. The van der Waals surface area contributed by atoms with Gasteiger partial charge < -0.3 is 9.88 Å². The molecule has 0 aliphatic carbocycles. The lowest BCUT2D eigenvalue weighted by atomic mass is 10.2. The summed E-state index contributed by atoms with van der Waals surface area (Å²) in [6.07, 6.45) is 3.77. The quantitative estimate of drug-likeness (QED) is 0.377. The molecule has 1 aromatic heterocycles. The summed E-state index contributed by atoms with van der Waals surface area (Å²) < 4.78 is 2.10. The van der Waals surface area contributed by atoms with E-state index in [9.17, 15) is 0 Å². The Balaban J connectivity index is 1.59. The Hall–Kier alpha value is -2.63. The Kier molecular flexibility index (Phi) is 6.04. The zero-order valence-electron chi connectivity index (χ0n) is 14.3. The van der Waals surface area contributed by atoms with Crippen molar-refractivity contribution >= 4 is 40.8 Å². The summed E-state index contributed by atoms with van der Waals surface area (Å²) in [5, 5.41) is 8.56. The van der Waals surface area contributed by atoms with Crippen LogP contribution in [0.5, 0.6) is 0 Å². The number of hydrogen-bond acceptors (Lipinski definition) is 2. The third-order valence-corrected chi connectivity index (χ3v) is 4.33. The first-order valence-corrected chi connectivity index (χ1v) is 8.96. The van der Waals surface area contributed by atoms with E-state index in [0.29, 0.717) is 5.11 Å². The van der Waals surface area contributed by atoms with E-state index in [1.165, 1.54) is 5.56 Å². The first-order valence-electron chi connectivity index (χ1n) is 8.17. The first-order chi connectivity index (χ1) is 12.6. The van der Waals surface area contributed by atoms with Crippen molar-refractivity contribution in [2.75, 3.05) is 5.32 Å².